The summed E-state index contributed by atoms with van der Waals surface area (Å²) in [6.07, 6.45) is 0. The highest BCUT2D eigenvalue weighted by Gasteiger charge is 2.26. The van der Waals surface area contributed by atoms with Crippen LogP contribution in [0.3, 0.4) is 0 Å². The molecular formula is C6H16NO3P. The Balaban J connectivity index is 4.14. The van der Waals surface area contributed by atoms with Crippen LogP contribution in [0.4, 0.5) is 0 Å². The average Bonchev–Trinajstić information content (AvgIpc) is 1.88. The molecule has 11 heavy (non-hydrogen) atoms. The van der Waals surface area contributed by atoms with Crippen LogP contribution < -0.4 is 0 Å². The summed E-state index contributed by atoms with van der Waals surface area (Å²) in [5, 5.41) is 0. The Morgan fingerprint density at radius 2 is 1.55 bits per heavy atom. The van der Waals surface area contributed by atoms with Crippen molar-refractivity contribution in [3.05, 3.63) is 0 Å². The van der Waals surface area contributed by atoms with Gasteiger partial charge in [-0.1, -0.05) is 0 Å². The lowest BCUT2D eigenvalue weighted by Crippen LogP contribution is -2.13. The van der Waals surface area contributed by atoms with Crippen molar-refractivity contribution in [2.45, 2.75) is 13.8 Å². The largest absolute Gasteiger partial charge is 0.407 e. The molecule has 0 rings (SSSR count). The van der Waals surface area contributed by atoms with E-state index in [2.05, 4.69) is 0 Å². The summed E-state index contributed by atoms with van der Waals surface area (Å²) in [5.41, 5.74) is 0. The fourth-order valence-electron chi connectivity index (χ4n) is 0.594. The summed E-state index contributed by atoms with van der Waals surface area (Å²) in [7, 11) is 0.387. The number of nitrogens with zero attached hydrogens (tertiary/aromatic N) is 1. The molecule has 0 atom stereocenters. The Bertz CT molecular complexity index is 139. The van der Waals surface area contributed by atoms with Crippen LogP contribution in [0.25, 0.3) is 0 Å². The van der Waals surface area contributed by atoms with E-state index in [1.165, 1.54) is 4.67 Å². The summed E-state index contributed by atoms with van der Waals surface area (Å²) in [6, 6.07) is 0. The minimum Gasteiger partial charge on any atom is -0.297 e. The van der Waals surface area contributed by atoms with Crippen molar-refractivity contribution < 1.29 is 13.6 Å². The highest BCUT2D eigenvalue weighted by Crippen LogP contribution is 2.49. The second-order valence-electron chi connectivity index (χ2n) is 2.15. The van der Waals surface area contributed by atoms with Crippen LogP contribution in [0, 0.1) is 0 Å². The van der Waals surface area contributed by atoms with Crippen LogP contribution in [0.2, 0.25) is 0 Å². The van der Waals surface area contributed by atoms with Gasteiger partial charge in [-0.25, -0.2) is 9.24 Å². The van der Waals surface area contributed by atoms with E-state index in [9.17, 15) is 4.57 Å². The van der Waals surface area contributed by atoms with E-state index in [0.717, 1.165) is 0 Å². The van der Waals surface area contributed by atoms with Gasteiger partial charge in [-0.15, -0.1) is 0 Å². The molecule has 0 aliphatic heterocycles. The third-order valence-corrected chi connectivity index (χ3v) is 3.22. The first-order chi connectivity index (χ1) is 5.06. The van der Waals surface area contributed by atoms with Gasteiger partial charge in [0.05, 0.1) is 13.2 Å². The molecular weight excluding hydrogens is 165 g/mol. The van der Waals surface area contributed by atoms with Gasteiger partial charge in [-0.05, 0) is 27.9 Å². The molecule has 0 saturated heterocycles. The summed E-state index contributed by atoms with van der Waals surface area (Å²) in [4.78, 5) is 0. The van der Waals surface area contributed by atoms with Crippen LogP contribution >= 0.6 is 7.75 Å². The molecule has 0 spiro atoms. The second-order valence-corrected chi connectivity index (χ2v) is 4.40. The molecule has 0 bridgehead atoms. The molecule has 0 heterocycles. The zero-order valence-corrected chi connectivity index (χ0v) is 8.43. The predicted octanol–water partition coefficient (Wildman–Crippen LogP) is 1.73. The van der Waals surface area contributed by atoms with E-state index >= 15 is 0 Å². The normalized spacial score (nSPS) is 12.5. The lowest BCUT2D eigenvalue weighted by molar-refractivity contribution is 0.185. The first kappa shape index (κ1) is 11.1. The van der Waals surface area contributed by atoms with Crippen molar-refractivity contribution in [2.75, 3.05) is 27.3 Å². The van der Waals surface area contributed by atoms with E-state index in [-0.39, 0.29) is 0 Å². The Morgan fingerprint density at radius 3 is 1.73 bits per heavy atom. The Labute approximate surface area is 68.1 Å². The van der Waals surface area contributed by atoms with Crippen LogP contribution in [-0.4, -0.2) is 32.0 Å². The van der Waals surface area contributed by atoms with E-state index in [0.29, 0.717) is 13.2 Å². The molecule has 4 nitrogen and oxygen atoms in total. The van der Waals surface area contributed by atoms with Crippen molar-refractivity contribution in [3.8, 4) is 0 Å². The van der Waals surface area contributed by atoms with Gasteiger partial charge in [-0.3, -0.25) is 9.05 Å². The Kier molecular flexibility index (Phi) is 4.93. The smallest absolute Gasteiger partial charge is 0.297 e. The molecule has 0 saturated carbocycles. The molecule has 0 aromatic carbocycles. The molecule has 0 fully saturated rings. The van der Waals surface area contributed by atoms with Crippen molar-refractivity contribution in [1.82, 2.24) is 4.67 Å². The molecule has 68 valence electrons. The molecule has 0 unspecified atom stereocenters. The Morgan fingerprint density at radius 1 is 1.18 bits per heavy atom. The van der Waals surface area contributed by atoms with Gasteiger partial charge in [-0.2, -0.15) is 0 Å². The second kappa shape index (κ2) is 4.88. The minimum atomic E-state index is -2.96. The summed E-state index contributed by atoms with van der Waals surface area (Å²) in [5.74, 6) is 0. The fourth-order valence-corrected chi connectivity index (χ4v) is 1.78. The predicted molar refractivity (Wildman–Crippen MR) is 44.5 cm³/mol. The third-order valence-electron chi connectivity index (χ3n) is 1.07. The number of rotatable bonds is 5. The van der Waals surface area contributed by atoms with Crippen LogP contribution in [0.15, 0.2) is 0 Å². The molecule has 0 aromatic heterocycles. The molecule has 0 amide bonds. The fraction of sp³-hybridized carbons (Fsp3) is 1.00. The van der Waals surface area contributed by atoms with Crippen LogP contribution in [0.5, 0.6) is 0 Å². The summed E-state index contributed by atoms with van der Waals surface area (Å²) >= 11 is 0. The monoisotopic (exact) mass is 181 g/mol. The quantitative estimate of drug-likeness (QED) is 0.605. The van der Waals surface area contributed by atoms with Crippen molar-refractivity contribution in [1.29, 1.82) is 0 Å². The maximum atomic E-state index is 11.6. The van der Waals surface area contributed by atoms with Crippen LogP contribution in [-0.2, 0) is 13.6 Å². The molecule has 0 radical (unpaired) electrons. The summed E-state index contributed by atoms with van der Waals surface area (Å²) < 4.78 is 23.0. The molecule has 0 aliphatic carbocycles. The number of hydrogen-bond donors (Lipinski definition) is 0. The van der Waals surface area contributed by atoms with Crippen molar-refractivity contribution >= 4 is 7.75 Å². The molecule has 0 N–H and O–H groups in total. The zero-order valence-electron chi connectivity index (χ0n) is 7.53. The van der Waals surface area contributed by atoms with Gasteiger partial charge in [0.15, 0.2) is 0 Å². The van der Waals surface area contributed by atoms with Gasteiger partial charge in [0, 0.05) is 0 Å². The molecule has 0 aliphatic rings. The minimum absolute atomic E-state index is 0.398. The van der Waals surface area contributed by atoms with E-state index in [1.54, 1.807) is 27.9 Å². The zero-order chi connectivity index (χ0) is 8.91. The standard InChI is InChI=1S/C6H16NO3P/c1-5-9-11(8,7(3)4)10-6-2/h5-6H2,1-4H3. The van der Waals surface area contributed by atoms with E-state index in [4.69, 9.17) is 9.05 Å². The van der Waals surface area contributed by atoms with Gasteiger partial charge in [0.1, 0.15) is 0 Å². The lowest BCUT2D eigenvalue weighted by Gasteiger charge is -2.22. The highest BCUT2D eigenvalue weighted by molar-refractivity contribution is 7.51. The van der Waals surface area contributed by atoms with E-state index < -0.39 is 7.75 Å². The lowest BCUT2D eigenvalue weighted by atomic mass is 10.9. The maximum Gasteiger partial charge on any atom is 0.407 e. The molecule has 0 aromatic rings. The average molecular weight is 181 g/mol. The highest BCUT2D eigenvalue weighted by atomic mass is 31.2. The van der Waals surface area contributed by atoms with Crippen molar-refractivity contribution in [3.63, 3.8) is 0 Å². The number of hydrogen-bond acceptors (Lipinski definition) is 3. The van der Waals surface area contributed by atoms with Gasteiger partial charge < -0.3 is 0 Å². The SMILES string of the molecule is CCOP(=O)(OCC)N(C)C. The summed E-state index contributed by atoms with van der Waals surface area (Å²) in [6.45, 7) is 4.37. The maximum absolute atomic E-state index is 11.6. The molecule has 5 heteroatoms. The van der Waals surface area contributed by atoms with Gasteiger partial charge in [0.2, 0.25) is 0 Å². The Hall–Kier alpha value is 0.110. The van der Waals surface area contributed by atoms with Crippen LogP contribution in [0.1, 0.15) is 13.8 Å². The third kappa shape index (κ3) is 3.34. The first-order valence-electron chi connectivity index (χ1n) is 3.63. The van der Waals surface area contributed by atoms with Gasteiger partial charge in [0.25, 0.3) is 0 Å². The van der Waals surface area contributed by atoms with Crippen molar-refractivity contribution in [2.24, 2.45) is 0 Å². The first-order valence-corrected chi connectivity index (χ1v) is 5.13. The van der Waals surface area contributed by atoms with Gasteiger partial charge >= 0.3 is 7.75 Å². The van der Waals surface area contributed by atoms with E-state index in [1.807, 2.05) is 0 Å². The topological polar surface area (TPSA) is 38.8 Å².